The first-order chi connectivity index (χ1) is 12.1. The van der Waals surface area contributed by atoms with Gasteiger partial charge in [0, 0.05) is 19.8 Å². The molecule has 0 saturated heterocycles. The first-order valence-electron chi connectivity index (χ1n) is 8.00. The number of nitrogens with one attached hydrogen (secondary N) is 2. The lowest BCUT2D eigenvalue weighted by Gasteiger charge is -2.26. The summed E-state index contributed by atoms with van der Waals surface area (Å²) in [7, 11) is 3.30. The Morgan fingerprint density at radius 1 is 1.36 bits per heavy atom. The van der Waals surface area contributed by atoms with Gasteiger partial charge in [0.2, 0.25) is 5.91 Å². The van der Waals surface area contributed by atoms with Gasteiger partial charge in [-0.1, -0.05) is 12.1 Å². The molecule has 0 unspecified atom stereocenters. The molecule has 25 heavy (non-hydrogen) atoms. The van der Waals surface area contributed by atoms with E-state index in [1.807, 2.05) is 24.3 Å². The van der Waals surface area contributed by atoms with E-state index < -0.39 is 0 Å². The highest BCUT2D eigenvalue weighted by molar-refractivity contribution is 6.03. The molecule has 1 aliphatic rings. The van der Waals surface area contributed by atoms with Crippen LogP contribution in [0.1, 0.15) is 15.9 Å². The van der Waals surface area contributed by atoms with Gasteiger partial charge in [-0.05, 0) is 30.2 Å². The van der Waals surface area contributed by atoms with Gasteiger partial charge in [0.05, 0.1) is 24.9 Å². The van der Waals surface area contributed by atoms with Gasteiger partial charge in [-0.3, -0.25) is 9.59 Å². The maximum atomic E-state index is 12.3. The summed E-state index contributed by atoms with van der Waals surface area (Å²) in [5.41, 5.74) is 2.15. The molecule has 2 heterocycles. The Bertz CT molecular complexity index is 789. The van der Waals surface area contributed by atoms with Gasteiger partial charge in [-0.15, -0.1) is 0 Å². The van der Waals surface area contributed by atoms with E-state index in [0.717, 1.165) is 11.3 Å². The van der Waals surface area contributed by atoms with E-state index in [0.29, 0.717) is 30.0 Å². The van der Waals surface area contributed by atoms with Crippen molar-refractivity contribution in [3.8, 4) is 5.75 Å². The highest BCUT2D eigenvalue weighted by Gasteiger charge is 2.22. The molecule has 1 aliphatic heterocycles. The second kappa shape index (κ2) is 7.21. The van der Waals surface area contributed by atoms with Crippen LogP contribution in [0.25, 0.3) is 0 Å². The molecule has 0 bridgehead atoms. The van der Waals surface area contributed by atoms with Gasteiger partial charge in [-0.2, -0.15) is 0 Å². The number of nitrogens with zero attached hydrogens (tertiary/aromatic N) is 2. The summed E-state index contributed by atoms with van der Waals surface area (Å²) in [5.74, 6) is 1.14. The number of methoxy groups -OCH3 is 1. The van der Waals surface area contributed by atoms with Crippen molar-refractivity contribution in [3.63, 3.8) is 0 Å². The standard InChI is InChI=1S/C18H20N4O3/c1-22-15-9-13(10-20-17(15)21-11-16(22)23)18(24)19-8-7-12-3-5-14(25-2)6-4-12/h3-6,9-10H,7-8,11H2,1-2H3,(H,19,24)(H,20,21). The van der Waals surface area contributed by atoms with Crippen molar-refractivity contribution in [2.24, 2.45) is 0 Å². The molecule has 1 aromatic carbocycles. The van der Waals surface area contributed by atoms with E-state index in [4.69, 9.17) is 4.74 Å². The SMILES string of the molecule is COc1ccc(CCNC(=O)c2cnc3c(c2)N(C)C(=O)CN3)cc1. The summed E-state index contributed by atoms with van der Waals surface area (Å²) in [4.78, 5) is 29.8. The number of hydrogen-bond donors (Lipinski definition) is 2. The molecular weight excluding hydrogens is 320 g/mol. The number of benzene rings is 1. The van der Waals surface area contributed by atoms with Crippen molar-refractivity contribution < 1.29 is 14.3 Å². The number of pyridine rings is 1. The molecule has 0 saturated carbocycles. The molecule has 7 heteroatoms. The van der Waals surface area contributed by atoms with Crippen LogP contribution in [0, 0.1) is 0 Å². The van der Waals surface area contributed by atoms with E-state index in [1.54, 1.807) is 20.2 Å². The van der Waals surface area contributed by atoms with Crippen LogP contribution in [0.3, 0.4) is 0 Å². The molecule has 0 fully saturated rings. The summed E-state index contributed by atoms with van der Waals surface area (Å²) in [6.45, 7) is 0.721. The van der Waals surface area contributed by atoms with Crippen LogP contribution in [0.15, 0.2) is 36.5 Å². The Morgan fingerprint density at radius 2 is 2.12 bits per heavy atom. The topological polar surface area (TPSA) is 83.6 Å². The molecule has 2 N–H and O–H groups in total. The minimum Gasteiger partial charge on any atom is -0.497 e. The average molecular weight is 340 g/mol. The number of fused-ring (bicyclic) bond motifs is 1. The minimum absolute atomic E-state index is 0.0636. The molecule has 130 valence electrons. The predicted molar refractivity (Wildman–Crippen MR) is 95.2 cm³/mol. The van der Waals surface area contributed by atoms with Crippen LogP contribution in [0.5, 0.6) is 5.75 Å². The molecule has 3 rings (SSSR count). The fourth-order valence-corrected chi connectivity index (χ4v) is 2.60. The van der Waals surface area contributed by atoms with Crippen LogP contribution in [0.4, 0.5) is 11.5 Å². The number of rotatable bonds is 5. The van der Waals surface area contributed by atoms with Crippen LogP contribution >= 0.6 is 0 Å². The van der Waals surface area contributed by atoms with Gasteiger partial charge in [0.25, 0.3) is 5.91 Å². The maximum Gasteiger partial charge on any atom is 0.252 e. The van der Waals surface area contributed by atoms with Crippen LogP contribution in [-0.4, -0.2) is 44.0 Å². The molecule has 1 aromatic heterocycles. The third-order valence-electron chi connectivity index (χ3n) is 4.13. The summed E-state index contributed by atoms with van der Waals surface area (Å²) in [5, 5.41) is 5.81. The fourth-order valence-electron chi connectivity index (χ4n) is 2.60. The minimum atomic E-state index is -0.213. The highest BCUT2D eigenvalue weighted by Crippen LogP contribution is 2.26. The van der Waals surface area contributed by atoms with E-state index >= 15 is 0 Å². The smallest absolute Gasteiger partial charge is 0.252 e. The largest absolute Gasteiger partial charge is 0.497 e. The van der Waals surface area contributed by atoms with Crippen LogP contribution in [-0.2, 0) is 11.2 Å². The molecular formula is C18H20N4O3. The highest BCUT2D eigenvalue weighted by atomic mass is 16.5. The summed E-state index contributed by atoms with van der Waals surface area (Å²) >= 11 is 0. The van der Waals surface area contributed by atoms with Crippen molar-refractivity contribution in [2.45, 2.75) is 6.42 Å². The Morgan fingerprint density at radius 3 is 2.84 bits per heavy atom. The number of carbonyl (C=O) groups is 2. The van der Waals surface area contributed by atoms with E-state index in [1.165, 1.54) is 11.1 Å². The first kappa shape index (κ1) is 16.8. The van der Waals surface area contributed by atoms with Crippen LogP contribution < -0.4 is 20.3 Å². The summed E-state index contributed by atoms with van der Waals surface area (Å²) < 4.78 is 5.12. The van der Waals surface area contributed by atoms with Crippen molar-refractivity contribution in [1.29, 1.82) is 0 Å². The molecule has 0 atom stereocenters. The third-order valence-corrected chi connectivity index (χ3v) is 4.13. The molecule has 0 radical (unpaired) electrons. The van der Waals surface area contributed by atoms with E-state index in [9.17, 15) is 9.59 Å². The van der Waals surface area contributed by atoms with Crippen molar-refractivity contribution in [3.05, 3.63) is 47.7 Å². The van der Waals surface area contributed by atoms with E-state index in [-0.39, 0.29) is 18.4 Å². The molecule has 2 aromatic rings. The normalized spacial score (nSPS) is 13.0. The predicted octanol–water partition coefficient (Wildman–Crippen LogP) is 1.45. The third kappa shape index (κ3) is 3.71. The van der Waals surface area contributed by atoms with Gasteiger partial charge >= 0.3 is 0 Å². The lowest BCUT2D eigenvalue weighted by atomic mass is 10.1. The Labute approximate surface area is 146 Å². The van der Waals surface area contributed by atoms with E-state index in [2.05, 4.69) is 15.6 Å². The van der Waals surface area contributed by atoms with Gasteiger partial charge in [-0.25, -0.2) is 4.98 Å². The number of likely N-dealkylation sites (N-methyl/N-ethyl adjacent to an activating group) is 1. The number of hydrogen-bond acceptors (Lipinski definition) is 5. The number of amides is 2. The summed E-state index contributed by atoms with van der Waals surface area (Å²) in [6.07, 6.45) is 2.23. The Kier molecular flexibility index (Phi) is 4.83. The second-order valence-corrected chi connectivity index (χ2v) is 5.75. The maximum absolute atomic E-state index is 12.3. The lowest BCUT2D eigenvalue weighted by molar-refractivity contribution is -0.116. The number of carbonyl (C=O) groups excluding carboxylic acids is 2. The first-order valence-corrected chi connectivity index (χ1v) is 8.00. The zero-order valence-corrected chi connectivity index (χ0v) is 14.2. The lowest BCUT2D eigenvalue weighted by Crippen LogP contribution is -2.37. The molecule has 7 nitrogen and oxygen atoms in total. The number of aromatic nitrogens is 1. The zero-order chi connectivity index (χ0) is 17.8. The summed E-state index contributed by atoms with van der Waals surface area (Å²) in [6, 6.07) is 9.40. The monoisotopic (exact) mass is 340 g/mol. The number of anilines is 2. The molecule has 2 amide bonds. The average Bonchev–Trinajstić information content (AvgIpc) is 2.65. The Balaban J connectivity index is 1.60. The zero-order valence-electron chi connectivity index (χ0n) is 14.2. The molecule has 0 spiro atoms. The molecule has 0 aliphatic carbocycles. The fraction of sp³-hybridized carbons (Fsp3) is 0.278. The van der Waals surface area contributed by atoms with Gasteiger partial charge in [0.1, 0.15) is 11.6 Å². The Hall–Kier alpha value is -3.09. The van der Waals surface area contributed by atoms with Crippen molar-refractivity contribution >= 4 is 23.3 Å². The quantitative estimate of drug-likeness (QED) is 0.861. The van der Waals surface area contributed by atoms with Crippen LogP contribution in [0.2, 0.25) is 0 Å². The van der Waals surface area contributed by atoms with Gasteiger partial charge < -0.3 is 20.3 Å². The van der Waals surface area contributed by atoms with Crippen molar-refractivity contribution in [1.82, 2.24) is 10.3 Å². The van der Waals surface area contributed by atoms with Gasteiger partial charge in [0.15, 0.2) is 0 Å². The number of ether oxygens (including phenoxy) is 1. The van der Waals surface area contributed by atoms with Crippen molar-refractivity contribution in [2.75, 3.05) is 37.5 Å². The second-order valence-electron chi connectivity index (χ2n) is 5.75.